The summed E-state index contributed by atoms with van der Waals surface area (Å²) < 4.78 is 19.5. The van der Waals surface area contributed by atoms with Crippen LogP contribution in [0.5, 0.6) is 5.75 Å². The third-order valence-corrected chi connectivity index (χ3v) is 5.26. The minimum absolute atomic E-state index is 0.150. The number of imide groups is 1. The van der Waals surface area contributed by atoms with E-state index in [1.807, 2.05) is 39.0 Å². The van der Waals surface area contributed by atoms with E-state index in [4.69, 9.17) is 4.74 Å². The van der Waals surface area contributed by atoms with E-state index < -0.39 is 17.6 Å². The number of halogens is 1. The SMILES string of the molecule is CCCOc1ccc(C2=C(Nc3cc(C)cc(C)c3)C(=O)N(c3cccc(F)c3)C2=O)cc1. The van der Waals surface area contributed by atoms with Crippen LogP contribution in [0.2, 0.25) is 0 Å². The first kappa shape index (κ1) is 22.3. The quantitative estimate of drug-likeness (QED) is 0.480. The smallest absolute Gasteiger partial charge is 0.282 e. The fourth-order valence-corrected chi connectivity index (χ4v) is 3.89. The van der Waals surface area contributed by atoms with E-state index in [-0.39, 0.29) is 17.0 Å². The standard InChI is InChI=1S/C27H25FN2O3/c1-4-12-33-23-10-8-19(9-11-23)24-25(29-21-14-17(2)13-18(3)15-21)27(32)30(26(24)31)22-7-5-6-20(28)16-22/h5-11,13-16,29H,4,12H2,1-3H3. The fraction of sp³-hybridized carbons (Fsp3) is 0.185. The van der Waals surface area contributed by atoms with Gasteiger partial charge in [0.2, 0.25) is 0 Å². The summed E-state index contributed by atoms with van der Waals surface area (Å²) in [5.41, 5.74) is 3.88. The van der Waals surface area contributed by atoms with Crippen molar-refractivity contribution < 1.29 is 18.7 Å². The zero-order valence-corrected chi connectivity index (χ0v) is 18.8. The van der Waals surface area contributed by atoms with Crippen molar-refractivity contribution in [2.24, 2.45) is 0 Å². The number of amides is 2. The highest BCUT2D eigenvalue weighted by Gasteiger charge is 2.40. The minimum Gasteiger partial charge on any atom is -0.494 e. The molecule has 3 aromatic rings. The van der Waals surface area contributed by atoms with E-state index in [0.717, 1.165) is 22.4 Å². The highest BCUT2D eigenvalue weighted by Crippen LogP contribution is 2.34. The summed E-state index contributed by atoms with van der Waals surface area (Å²) in [5.74, 6) is -0.891. The first-order chi connectivity index (χ1) is 15.9. The number of nitrogens with one attached hydrogen (secondary N) is 1. The molecule has 0 radical (unpaired) electrons. The molecule has 0 aromatic heterocycles. The number of rotatable bonds is 7. The van der Waals surface area contributed by atoms with Gasteiger partial charge >= 0.3 is 0 Å². The third-order valence-electron chi connectivity index (χ3n) is 5.26. The number of benzene rings is 3. The van der Waals surface area contributed by atoms with Crippen molar-refractivity contribution in [3.05, 3.63) is 94.9 Å². The van der Waals surface area contributed by atoms with Crippen LogP contribution < -0.4 is 15.0 Å². The Morgan fingerprint density at radius 2 is 1.61 bits per heavy atom. The average molecular weight is 445 g/mol. The zero-order valence-electron chi connectivity index (χ0n) is 18.8. The Hall–Kier alpha value is -3.93. The Balaban J connectivity index is 1.78. The number of anilines is 2. The van der Waals surface area contributed by atoms with Gasteiger partial charge in [0.05, 0.1) is 17.9 Å². The Kier molecular flexibility index (Phi) is 6.27. The van der Waals surface area contributed by atoms with Crippen molar-refractivity contribution in [2.75, 3.05) is 16.8 Å². The third kappa shape index (κ3) is 4.65. The molecule has 4 rings (SSSR count). The second-order valence-corrected chi connectivity index (χ2v) is 8.05. The van der Waals surface area contributed by atoms with Crippen LogP contribution in [0.25, 0.3) is 5.57 Å². The maximum Gasteiger partial charge on any atom is 0.282 e. The lowest BCUT2D eigenvalue weighted by molar-refractivity contribution is -0.120. The predicted octanol–water partition coefficient (Wildman–Crippen LogP) is 5.63. The maximum absolute atomic E-state index is 13.9. The lowest BCUT2D eigenvalue weighted by Gasteiger charge is -2.15. The molecule has 0 atom stereocenters. The van der Waals surface area contributed by atoms with E-state index in [2.05, 4.69) is 5.32 Å². The molecular weight excluding hydrogens is 419 g/mol. The number of hydrogen-bond acceptors (Lipinski definition) is 4. The molecule has 1 N–H and O–H groups in total. The van der Waals surface area contributed by atoms with Gasteiger partial charge in [-0.25, -0.2) is 9.29 Å². The molecule has 168 valence electrons. The maximum atomic E-state index is 13.9. The lowest BCUT2D eigenvalue weighted by Crippen LogP contribution is -2.32. The summed E-state index contributed by atoms with van der Waals surface area (Å²) >= 11 is 0. The van der Waals surface area contributed by atoms with Crippen LogP contribution >= 0.6 is 0 Å². The molecule has 0 saturated carbocycles. The molecule has 0 saturated heterocycles. The fourth-order valence-electron chi connectivity index (χ4n) is 3.89. The number of aryl methyl sites for hydroxylation is 2. The van der Waals surface area contributed by atoms with E-state index in [0.29, 0.717) is 23.6 Å². The normalized spacial score (nSPS) is 13.6. The largest absolute Gasteiger partial charge is 0.494 e. The second-order valence-electron chi connectivity index (χ2n) is 8.05. The molecule has 0 bridgehead atoms. The van der Waals surface area contributed by atoms with Crippen molar-refractivity contribution in [1.82, 2.24) is 0 Å². The van der Waals surface area contributed by atoms with Crippen molar-refractivity contribution in [3.8, 4) is 5.75 Å². The molecule has 0 unspecified atom stereocenters. The molecule has 5 nitrogen and oxygen atoms in total. The van der Waals surface area contributed by atoms with Crippen molar-refractivity contribution >= 4 is 28.8 Å². The van der Waals surface area contributed by atoms with Crippen LogP contribution in [0.3, 0.4) is 0 Å². The number of carbonyl (C=O) groups is 2. The monoisotopic (exact) mass is 444 g/mol. The second kappa shape index (κ2) is 9.28. The molecule has 0 fully saturated rings. The Labute approximate surface area is 192 Å². The van der Waals surface area contributed by atoms with Gasteiger partial charge in [-0.15, -0.1) is 0 Å². The van der Waals surface area contributed by atoms with E-state index in [9.17, 15) is 14.0 Å². The number of ether oxygens (including phenoxy) is 1. The van der Waals surface area contributed by atoms with Gasteiger partial charge in [-0.3, -0.25) is 9.59 Å². The summed E-state index contributed by atoms with van der Waals surface area (Å²) in [7, 11) is 0. The van der Waals surface area contributed by atoms with Gasteiger partial charge in [0.1, 0.15) is 17.3 Å². The Morgan fingerprint density at radius 1 is 0.909 bits per heavy atom. The van der Waals surface area contributed by atoms with Crippen LogP contribution in [0.4, 0.5) is 15.8 Å². The molecule has 0 aliphatic carbocycles. The summed E-state index contributed by atoms with van der Waals surface area (Å²) in [5, 5.41) is 3.16. The van der Waals surface area contributed by atoms with Crippen LogP contribution in [0.1, 0.15) is 30.0 Å². The van der Waals surface area contributed by atoms with Gasteiger partial charge in [-0.1, -0.05) is 31.2 Å². The molecule has 0 spiro atoms. The van der Waals surface area contributed by atoms with Gasteiger partial charge in [0, 0.05) is 5.69 Å². The van der Waals surface area contributed by atoms with Crippen molar-refractivity contribution in [3.63, 3.8) is 0 Å². The van der Waals surface area contributed by atoms with Crippen LogP contribution in [0.15, 0.2) is 72.4 Å². The molecule has 1 aliphatic rings. The molecule has 1 aliphatic heterocycles. The van der Waals surface area contributed by atoms with Gasteiger partial charge in [-0.2, -0.15) is 0 Å². The van der Waals surface area contributed by atoms with Gasteiger partial charge in [0.15, 0.2) is 0 Å². The summed E-state index contributed by atoms with van der Waals surface area (Å²) in [6.45, 7) is 6.53. The van der Waals surface area contributed by atoms with Gasteiger partial charge in [-0.05, 0) is 79.4 Å². The number of nitrogens with zero attached hydrogens (tertiary/aromatic N) is 1. The molecule has 6 heteroatoms. The predicted molar refractivity (Wildman–Crippen MR) is 128 cm³/mol. The summed E-state index contributed by atoms with van der Waals surface area (Å²) in [6, 6.07) is 18.3. The average Bonchev–Trinajstić information content (AvgIpc) is 3.01. The van der Waals surface area contributed by atoms with E-state index in [1.54, 1.807) is 24.3 Å². The molecular formula is C27H25FN2O3. The molecule has 3 aromatic carbocycles. The van der Waals surface area contributed by atoms with Gasteiger partial charge < -0.3 is 10.1 Å². The summed E-state index contributed by atoms with van der Waals surface area (Å²) in [4.78, 5) is 27.9. The van der Waals surface area contributed by atoms with E-state index in [1.165, 1.54) is 24.3 Å². The topological polar surface area (TPSA) is 58.6 Å². The highest BCUT2D eigenvalue weighted by molar-refractivity contribution is 6.46. The summed E-state index contributed by atoms with van der Waals surface area (Å²) in [6.07, 6.45) is 0.881. The Bertz CT molecular complexity index is 1230. The zero-order chi connectivity index (χ0) is 23.5. The molecule has 1 heterocycles. The highest BCUT2D eigenvalue weighted by atomic mass is 19.1. The first-order valence-corrected chi connectivity index (χ1v) is 10.8. The number of carbonyl (C=O) groups excluding carboxylic acids is 2. The first-order valence-electron chi connectivity index (χ1n) is 10.8. The van der Waals surface area contributed by atoms with Crippen LogP contribution in [-0.4, -0.2) is 18.4 Å². The van der Waals surface area contributed by atoms with Crippen molar-refractivity contribution in [1.29, 1.82) is 0 Å². The van der Waals surface area contributed by atoms with Crippen LogP contribution in [0, 0.1) is 19.7 Å². The Morgan fingerprint density at radius 3 is 2.24 bits per heavy atom. The lowest BCUT2D eigenvalue weighted by atomic mass is 10.0. The van der Waals surface area contributed by atoms with Crippen LogP contribution in [-0.2, 0) is 9.59 Å². The molecule has 2 amide bonds. The van der Waals surface area contributed by atoms with Gasteiger partial charge in [0.25, 0.3) is 11.8 Å². The minimum atomic E-state index is -0.536. The van der Waals surface area contributed by atoms with Crippen molar-refractivity contribution in [2.45, 2.75) is 27.2 Å². The number of hydrogen-bond donors (Lipinski definition) is 1. The molecule has 33 heavy (non-hydrogen) atoms. The van der Waals surface area contributed by atoms with E-state index >= 15 is 0 Å².